The van der Waals surface area contributed by atoms with Gasteiger partial charge in [-0.3, -0.25) is 4.98 Å². The first-order chi connectivity index (χ1) is 10.3. The maximum atomic E-state index is 14.0. The quantitative estimate of drug-likeness (QED) is 0.846. The minimum atomic E-state index is -0.277. The van der Waals surface area contributed by atoms with Crippen LogP contribution in [0.25, 0.3) is 0 Å². The van der Waals surface area contributed by atoms with Crippen molar-refractivity contribution in [3.63, 3.8) is 0 Å². The van der Waals surface area contributed by atoms with Crippen molar-refractivity contribution in [2.24, 2.45) is 0 Å². The van der Waals surface area contributed by atoms with Gasteiger partial charge in [0.25, 0.3) is 0 Å². The first-order valence-corrected chi connectivity index (χ1v) is 7.21. The summed E-state index contributed by atoms with van der Waals surface area (Å²) in [5.41, 5.74) is 1.70. The molecule has 1 atom stereocenters. The molecular formula is C17H21FN2O. The third-order valence-corrected chi connectivity index (χ3v) is 3.44. The molecule has 1 unspecified atom stereocenters. The van der Waals surface area contributed by atoms with E-state index in [4.69, 9.17) is 4.74 Å². The normalized spacial score (nSPS) is 12.1. The van der Waals surface area contributed by atoms with E-state index in [-0.39, 0.29) is 11.9 Å². The Morgan fingerprint density at radius 1 is 1.29 bits per heavy atom. The summed E-state index contributed by atoms with van der Waals surface area (Å²) in [5.74, 6) is 0.552. The Balaban J connectivity index is 2.26. The van der Waals surface area contributed by atoms with Crippen molar-refractivity contribution in [1.82, 2.24) is 10.3 Å². The number of para-hydroxylation sites is 1. The van der Waals surface area contributed by atoms with Gasteiger partial charge in [-0.1, -0.05) is 25.1 Å². The molecule has 0 aliphatic carbocycles. The molecule has 0 fully saturated rings. The van der Waals surface area contributed by atoms with Gasteiger partial charge >= 0.3 is 0 Å². The van der Waals surface area contributed by atoms with Crippen LogP contribution in [0.2, 0.25) is 0 Å². The van der Waals surface area contributed by atoms with E-state index >= 15 is 0 Å². The number of rotatable bonds is 7. The number of halogens is 1. The summed E-state index contributed by atoms with van der Waals surface area (Å²) in [4.78, 5) is 3.82. The van der Waals surface area contributed by atoms with Crippen LogP contribution in [0, 0.1) is 5.82 Å². The smallest absolute Gasteiger partial charge is 0.146 e. The molecule has 1 aromatic carbocycles. The van der Waals surface area contributed by atoms with E-state index in [1.807, 2.05) is 24.3 Å². The summed E-state index contributed by atoms with van der Waals surface area (Å²) in [6.45, 7) is 2.93. The van der Waals surface area contributed by atoms with Gasteiger partial charge in [0.2, 0.25) is 0 Å². The van der Waals surface area contributed by atoms with E-state index in [9.17, 15) is 4.39 Å². The van der Waals surface area contributed by atoms with Gasteiger partial charge in [-0.2, -0.15) is 0 Å². The lowest BCUT2D eigenvalue weighted by Gasteiger charge is -2.20. The van der Waals surface area contributed by atoms with E-state index < -0.39 is 0 Å². The standard InChI is InChI=1S/C17H21FN2O/c1-3-9-20-16(14-8-10-19-12-15(14)18)11-13-6-4-5-7-17(13)21-2/h4-8,10,12,16,20H,3,9,11H2,1-2H3. The molecule has 21 heavy (non-hydrogen) atoms. The highest BCUT2D eigenvalue weighted by molar-refractivity contribution is 5.35. The molecule has 1 N–H and O–H groups in total. The Morgan fingerprint density at radius 3 is 2.81 bits per heavy atom. The molecule has 0 saturated carbocycles. The molecule has 3 nitrogen and oxygen atoms in total. The topological polar surface area (TPSA) is 34.1 Å². The van der Waals surface area contributed by atoms with Crippen LogP contribution >= 0.6 is 0 Å². The van der Waals surface area contributed by atoms with Crippen molar-refractivity contribution in [3.8, 4) is 5.75 Å². The zero-order valence-electron chi connectivity index (χ0n) is 12.5. The molecule has 112 valence electrons. The molecule has 1 aromatic heterocycles. The van der Waals surface area contributed by atoms with E-state index in [0.29, 0.717) is 12.0 Å². The fourth-order valence-electron chi connectivity index (χ4n) is 2.37. The highest BCUT2D eigenvalue weighted by Gasteiger charge is 2.17. The molecule has 0 aliphatic heterocycles. The molecule has 1 heterocycles. The lowest BCUT2D eigenvalue weighted by molar-refractivity contribution is 0.404. The van der Waals surface area contributed by atoms with Crippen LogP contribution in [0.15, 0.2) is 42.7 Å². The highest BCUT2D eigenvalue weighted by atomic mass is 19.1. The highest BCUT2D eigenvalue weighted by Crippen LogP contribution is 2.26. The molecule has 0 amide bonds. The number of methoxy groups -OCH3 is 1. The van der Waals surface area contributed by atoms with Gasteiger partial charge in [0, 0.05) is 17.8 Å². The molecule has 0 radical (unpaired) electrons. The first-order valence-electron chi connectivity index (χ1n) is 7.21. The summed E-state index contributed by atoms with van der Waals surface area (Å²) in [6.07, 6.45) is 4.56. The fourth-order valence-corrected chi connectivity index (χ4v) is 2.37. The van der Waals surface area contributed by atoms with Crippen molar-refractivity contribution in [3.05, 3.63) is 59.7 Å². The van der Waals surface area contributed by atoms with Gasteiger partial charge in [-0.15, -0.1) is 0 Å². The fraction of sp³-hybridized carbons (Fsp3) is 0.353. The van der Waals surface area contributed by atoms with E-state index in [0.717, 1.165) is 24.3 Å². The lowest BCUT2D eigenvalue weighted by Crippen LogP contribution is -2.25. The molecule has 0 bridgehead atoms. The zero-order chi connectivity index (χ0) is 15.1. The summed E-state index contributed by atoms with van der Waals surface area (Å²) in [6, 6.07) is 9.48. The molecule has 0 aliphatic rings. The summed E-state index contributed by atoms with van der Waals surface area (Å²) in [7, 11) is 1.65. The Labute approximate surface area is 125 Å². The van der Waals surface area contributed by atoms with Crippen molar-refractivity contribution in [2.75, 3.05) is 13.7 Å². The minimum absolute atomic E-state index is 0.0933. The number of aromatic nitrogens is 1. The first kappa shape index (κ1) is 15.4. The zero-order valence-corrected chi connectivity index (χ0v) is 12.5. The van der Waals surface area contributed by atoms with Crippen molar-refractivity contribution in [2.45, 2.75) is 25.8 Å². The maximum absolute atomic E-state index is 14.0. The molecule has 4 heteroatoms. The van der Waals surface area contributed by atoms with Crippen molar-refractivity contribution < 1.29 is 9.13 Å². The Morgan fingerprint density at radius 2 is 2.10 bits per heavy atom. The maximum Gasteiger partial charge on any atom is 0.146 e. The van der Waals surface area contributed by atoms with Crippen LogP contribution in [0.1, 0.15) is 30.5 Å². The number of hydrogen-bond donors (Lipinski definition) is 1. The van der Waals surface area contributed by atoms with Gasteiger partial charge in [0.1, 0.15) is 11.6 Å². The largest absolute Gasteiger partial charge is 0.496 e. The lowest BCUT2D eigenvalue weighted by atomic mass is 9.98. The summed E-state index contributed by atoms with van der Waals surface area (Å²) < 4.78 is 19.4. The van der Waals surface area contributed by atoms with Crippen LogP contribution in [0.3, 0.4) is 0 Å². The van der Waals surface area contributed by atoms with Crippen LogP contribution in [-0.4, -0.2) is 18.6 Å². The van der Waals surface area contributed by atoms with E-state index in [2.05, 4.69) is 17.2 Å². The Hall–Kier alpha value is -1.94. The van der Waals surface area contributed by atoms with Gasteiger partial charge in [0.05, 0.1) is 13.3 Å². The second kappa shape index (κ2) is 7.74. The molecule has 0 spiro atoms. The van der Waals surface area contributed by atoms with Gasteiger partial charge < -0.3 is 10.1 Å². The number of ether oxygens (including phenoxy) is 1. The van der Waals surface area contributed by atoms with Crippen molar-refractivity contribution in [1.29, 1.82) is 0 Å². The predicted molar refractivity (Wildman–Crippen MR) is 81.9 cm³/mol. The Bertz CT molecular complexity index is 574. The molecule has 2 aromatic rings. The molecular weight excluding hydrogens is 267 g/mol. The summed E-state index contributed by atoms with van der Waals surface area (Å²) >= 11 is 0. The SMILES string of the molecule is CCCNC(Cc1ccccc1OC)c1ccncc1F. The van der Waals surface area contributed by atoms with Crippen molar-refractivity contribution >= 4 is 0 Å². The molecule has 0 saturated heterocycles. The van der Waals surface area contributed by atoms with Crippen LogP contribution in [0.5, 0.6) is 5.75 Å². The van der Waals surface area contributed by atoms with E-state index in [1.165, 1.54) is 6.20 Å². The van der Waals surface area contributed by atoms with Gasteiger partial charge in [0.15, 0.2) is 0 Å². The number of hydrogen-bond acceptors (Lipinski definition) is 3. The summed E-state index contributed by atoms with van der Waals surface area (Å²) in [5, 5.41) is 3.40. The average molecular weight is 288 g/mol. The minimum Gasteiger partial charge on any atom is -0.496 e. The average Bonchev–Trinajstić information content (AvgIpc) is 2.52. The number of pyridine rings is 1. The third kappa shape index (κ3) is 4.02. The van der Waals surface area contributed by atoms with Crippen LogP contribution in [-0.2, 0) is 6.42 Å². The predicted octanol–water partition coefficient (Wildman–Crippen LogP) is 3.51. The molecule has 2 rings (SSSR count). The second-order valence-corrected chi connectivity index (χ2v) is 4.92. The van der Waals surface area contributed by atoms with E-state index in [1.54, 1.807) is 19.4 Å². The van der Waals surface area contributed by atoms with Gasteiger partial charge in [-0.25, -0.2) is 4.39 Å². The van der Waals surface area contributed by atoms with Gasteiger partial charge in [-0.05, 0) is 37.1 Å². The Kier molecular flexibility index (Phi) is 5.69. The number of nitrogens with one attached hydrogen (secondary N) is 1. The van der Waals surface area contributed by atoms with Crippen LogP contribution < -0.4 is 10.1 Å². The second-order valence-electron chi connectivity index (χ2n) is 4.92. The third-order valence-electron chi connectivity index (χ3n) is 3.44. The monoisotopic (exact) mass is 288 g/mol. The number of benzene rings is 1. The number of nitrogens with zero attached hydrogens (tertiary/aromatic N) is 1. The van der Waals surface area contributed by atoms with Crippen LogP contribution in [0.4, 0.5) is 4.39 Å².